The second kappa shape index (κ2) is 6.81. The summed E-state index contributed by atoms with van der Waals surface area (Å²) in [5, 5.41) is 9.29. The molecule has 3 atom stereocenters. The van der Waals surface area contributed by atoms with Crippen molar-refractivity contribution in [2.75, 3.05) is 19.6 Å². The van der Waals surface area contributed by atoms with Crippen LogP contribution in [0.25, 0.3) is 0 Å². The Morgan fingerprint density at radius 2 is 1.79 bits per heavy atom. The number of hydrogen-bond donors (Lipinski definition) is 1. The van der Waals surface area contributed by atoms with Crippen LogP contribution in [0.4, 0.5) is 0 Å². The Morgan fingerprint density at radius 1 is 1.04 bits per heavy atom. The van der Waals surface area contributed by atoms with Crippen molar-refractivity contribution in [3.8, 4) is 11.5 Å². The van der Waals surface area contributed by atoms with Gasteiger partial charge in [-0.2, -0.15) is 0 Å². The van der Waals surface area contributed by atoms with Gasteiger partial charge in [-0.3, -0.25) is 4.98 Å². The van der Waals surface area contributed by atoms with Crippen LogP contribution in [0.5, 0.6) is 11.5 Å². The Bertz CT molecular complexity index is 645. The second-order valence-corrected chi connectivity index (χ2v) is 7.06. The van der Waals surface area contributed by atoms with Crippen molar-refractivity contribution < 1.29 is 9.84 Å². The molecule has 2 heterocycles. The summed E-state index contributed by atoms with van der Waals surface area (Å²) in [6.07, 6.45) is 5.20. The fourth-order valence-electron chi connectivity index (χ4n) is 4.15. The number of fused-ring (bicyclic) bond motifs is 1. The van der Waals surface area contributed by atoms with Gasteiger partial charge >= 0.3 is 0 Å². The first-order chi connectivity index (χ1) is 11.8. The second-order valence-electron chi connectivity index (χ2n) is 7.06. The number of pyridine rings is 1. The predicted molar refractivity (Wildman–Crippen MR) is 93.1 cm³/mol. The van der Waals surface area contributed by atoms with E-state index < -0.39 is 0 Å². The van der Waals surface area contributed by atoms with Gasteiger partial charge in [0.05, 0.1) is 12.3 Å². The summed E-state index contributed by atoms with van der Waals surface area (Å²) in [7, 11) is 0. The minimum atomic E-state index is 0.235. The van der Waals surface area contributed by atoms with Gasteiger partial charge in [0.1, 0.15) is 11.5 Å². The molecule has 1 saturated carbocycles. The standard InChI is InChI=1S/C20H24N2O2/c23-18-7-6-17(21-12-18)8-9-22-13-15-10-20(11-16(15)14-22)24-19-4-2-1-3-5-19/h1-7,12,15-16,20,23H,8-11,13-14H2/t15-,16+,20+. The van der Waals surface area contributed by atoms with Crippen molar-refractivity contribution in [2.45, 2.75) is 25.4 Å². The van der Waals surface area contributed by atoms with Crippen LogP contribution in [-0.2, 0) is 6.42 Å². The average Bonchev–Trinajstić information content (AvgIpc) is 3.13. The fourth-order valence-corrected chi connectivity index (χ4v) is 4.15. The number of ether oxygens (including phenoxy) is 1. The third-order valence-corrected chi connectivity index (χ3v) is 5.32. The molecule has 1 aliphatic carbocycles. The van der Waals surface area contributed by atoms with Crippen molar-refractivity contribution in [1.82, 2.24) is 9.88 Å². The van der Waals surface area contributed by atoms with Crippen molar-refractivity contribution in [3.05, 3.63) is 54.4 Å². The largest absolute Gasteiger partial charge is 0.506 e. The van der Waals surface area contributed by atoms with E-state index >= 15 is 0 Å². The van der Waals surface area contributed by atoms with Gasteiger partial charge < -0.3 is 14.7 Å². The van der Waals surface area contributed by atoms with E-state index in [-0.39, 0.29) is 5.75 Å². The molecule has 4 nitrogen and oxygen atoms in total. The monoisotopic (exact) mass is 324 g/mol. The third-order valence-electron chi connectivity index (χ3n) is 5.32. The molecule has 0 radical (unpaired) electrons. The van der Waals surface area contributed by atoms with E-state index in [4.69, 9.17) is 4.74 Å². The first kappa shape index (κ1) is 15.5. The van der Waals surface area contributed by atoms with Gasteiger partial charge in [0, 0.05) is 31.7 Å². The summed E-state index contributed by atoms with van der Waals surface area (Å²) in [6.45, 7) is 3.41. The molecule has 0 spiro atoms. The molecule has 24 heavy (non-hydrogen) atoms. The summed E-state index contributed by atoms with van der Waals surface area (Å²) in [6, 6.07) is 13.8. The number of nitrogens with zero attached hydrogens (tertiary/aromatic N) is 2. The van der Waals surface area contributed by atoms with E-state index in [0.29, 0.717) is 6.10 Å². The lowest BCUT2D eigenvalue weighted by Gasteiger charge is -2.19. The molecule has 0 amide bonds. The summed E-state index contributed by atoms with van der Waals surface area (Å²) in [4.78, 5) is 6.83. The molecule has 1 saturated heterocycles. The first-order valence-electron chi connectivity index (χ1n) is 8.84. The number of para-hydroxylation sites is 1. The molecule has 2 aromatic rings. The van der Waals surface area contributed by atoms with Crippen molar-refractivity contribution in [1.29, 1.82) is 0 Å². The summed E-state index contributed by atoms with van der Waals surface area (Å²) in [5.74, 6) is 2.77. The minimum absolute atomic E-state index is 0.235. The number of rotatable bonds is 5. The summed E-state index contributed by atoms with van der Waals surface area (Å²) < 4.78 is 6.14. The third kappa shape index (κ3) is 3.54. The highest BCUT2D eigenvalue weighted by molar-refractivity contribution is 5.21. The van der Waals surface area contributed by atoms with E-state index in [2.05, 4.69) is 9.88 Å². The molecular weight excluding hydrogens is 300 g/mol. The van der Waals surface area contributed by atoms with Gasteiger partial charge in [-0.1, -0.05) is 18.2 Å². The van der Waals surface area contributed by atoms with Gasteiger partial charge in [0.2, 0.25) is 0 Å². The molecule has 2 aliphatic rings. The topological polar surface area (TPSA) is 45.6 Å². The van der Waals surface area contributed by atoms with Crippen LogP contribution in [-0.4, -0.2) is 40.7 Å². The van der Waals surface area contributed by atoms with E-state index in [1.54, 1.807) is 6.07 Å². The van der Waals surface area contributed by atoms with E-state index in [0.717, 1.165) is 36.2 Å². The van der Waals surface area contributed by atoms with Crippen molar-refractivity contribution in [3.63, 3.8) is 0 Å². The molecule has 1 aromatic carbocycles. The summed E-state index contributed by atoms with van der Waals surface area (Å²) >= 11 is 0. The molecule has 1 N–H and O–H groups in total. The highest BCUT2D eigenvalue weighted by Gasteiger charge is 2.41. The van der Waals surface area contributed by atoms with Crippen molar-refractivity contribution >= 4 is 0 Å². The van der Waals surface area contributed by atoms with Gasteiger partial charge in [0.25, 0.3) is 0 Å². The Labute approximate surface area is 143 Å². The lowest BCUT2D eigenvalue weighted by atomic mass is 10.0. The maximum absolute atomic E-state index is 9.29. The van der Waals surface area contributed by atoms with Crippen LogP contribution in [0.15, 0.2) is 48.7 Å². The van der Waals surface area contributed by atoms with Gasteiger partial charge in [0.15, 0.2) is 0 Å². The Kier molecular flexibility index (Phi) is 4.39. The summed E-state index contributed by atoms with van der Waals surface area (Å²) in [5.41, 5.74) is 1.05. The number of aromatic hydroxyl groups is 1. The number of aromatic nitrogens is 1. The SMILES string of the molecule is Oc1ccc(CCN2C[C@H]3C[C@H](Oc4ccccc4)C[C@H]3C2)nc1. The van der Waals surface area contributed by atoms with Gasteiger partial charge in [-0.25, -0.2) is 0 Å². The molecule has 4 rings (SSSR count). The van der Waals surface area contributed by atoms with Crippen LogP contribution < -0.4 is 4.74 Å². The molecular formula is C20H24N2O2. The fraction of sp³-hybridized carbons (Fsp3) is 0.450. The molecule has 1 aromatic heterocycles. The number of likely N-dealkylation sites (tertiary alicyclic amines) is 1. The van der Waals surface area contributed by atoms with Crippen LogP contribution in [0.3, 0.4) is 0 Å². The maximum Gasteiger partial charge on any atom is 0.133 e. The molecule has 1 aliphatic heterocycles. The van der Waals surface area contributed by atoms with Crippen LogP contribution in [0.1, 0.15) is 18.5 Å². The molecule has 0 unspecified atom stereocenters. The van der Waals surface area contributed by atoms with Crippen molar-refractivity contribution in [2.24, 2.45) is 11.8 Å². The number of benzene rings is 1. The quantitative estimate of drug-likeness (QED) is 0.918. The molecule has 126 valence electrons. The van der Waals surface area contributed by atoms with E-state index in [1.807, 2.05) is 36.4 Å². The Hall–Kier alpha value is -2.07. The first-order valence-corrected chi connectivity index (χ1v) is 8.84. The number of hydrogen-bond acceptors (Lipinski definition) is 4. The van der Waals surface area contributed by atoms with Crippen LogP contribution in [0, 0.1) is 11.8 Å². The highest BCUT2D eigenvalue weighted by atomic mass is 16.5. The Morgan fingerprint density at radius 3 is 2.46 bits per heavy atom. The normalized spacial score (nSPS) is 26.4. The predicted octanol–water partition coefficient (Wildman–Crippen LogP) is 3.12. The highest BCUT2D eigenvalue weighted by Crippen LogP contribution is 2.39. The zero-order chi connectivity index (χ0) is 16.4. The van der Waals surface area contributed by atoms with Crippen LogP contribution in [0.2, 0.25) is 0 Å². The smallest absolute Gasteiger partial charge is 0.133 e. The minimum Gasteiger partial charge on any atom is -0.506 e. The van der Waals surface area contributed by atoms with Gasteiger partial charge in [-0.15, -0.1) is 0 Å². The maximum atomic E-state index is 9.29. The van der Waals surface area contributed by atoms with Gasteiger partial charge in [-0.05, 0) is 48.9 Å². The van der Waals surface area contributed by atoms with E-state index in [1.165, 1.54) is 32.1 Å². The molecule has 0 bridgehead atoms. The molecule has 4 heteroatoms. The average molecular weight is 324 g/mol. The molecule has 2 fully saturated rings. The Balaban J connectivity index is 1.25. The lowest BCUT2D eigenvalue weighted by molar-refractivity contribution is 0.186. The van der Waals surface area contributed by atoms with Crippen LogP contribution >= 0.6 is 0 Å². The van der Waals surface area contributed by atoms with E-state index in [9.17, 15) is 5.11 Å². The zero-order valence-electron chi connectivity index (χ0n) is 13.8. The lowest BCUT2D eigenvalue weighted by Crippen LogP contribution is -2.26. The zero-order valence-corrected chi connectivity index (χ0v) is 13.8.